The first-order chi connectivity index (χ1) is 11.5. The van der Waals surface area contributed by atoms with Gasteiger partial charge in [-0.3, -0.25) is 14.5 Å². The van der Waals surface area contributed by atoms with Crippen LogP contribution >= 0.6 is 11.8 Å². The summed E-state index contributed by atoms with van der Waals surface area (Å²) in [4.78, 5) is 25.5. The van der Waals surface area contributed by atoms with E-state index in [4.69, 9.17) is 0 Å². The number of hydrogen-bond donors (Lipinski definition) is 1. The molecule has 2 amide bonds. The molecule has 0 saturated carbocycles. The Labute approximate surface area is 146 Å². The fourth-order valence-electron chi connectivity index (χ4n) is 2.86. The molecule has 3 rings (SSSR count). The van der Waals surface area contributed by atoms with E-state index in [2.05, 4.69) is 25.2 Å². The number of aryl methyl sites for hydroxylation is 1. The number of anilines is 2. The first-order valence-electron chi connectivity index (χ1n) is 7.85. The minimum Gasteiger partial charge on any atom is -0.326 e. The van der Waals surface area contributed by atoms with Crippen molar-refractivity contribution in [1.29, 1.82) is 0 Å². The van der Waals surface area contributed by atoms with Gasteiger partial charge in [0.1, 0.15) is 5.37 Å². The number of benzene rings is 2. The smallest absolute Gasteiger partial charge is 0.238 e. The van der Waals surface area contributed by atoms with Gasteiger partial charge in [0, 0.05) is 18.3 Å². The van der Waals surface area contributed by atoms with Crippen molar-refractivity contribution in [2.75, 3.05) is 16.0 Å². The second-order valence-corrected chi connectivity index (χ2v) is 7.02. The summed E-state index contributed by atoms with van der Waals surface area (Å²) in [5.74, 6) is 0.515. The molecule has 5 heteroatoms. The third-order valence-electron chi connectivity index (χ3n) is 4.22. The summed E-state index contributed by atoms with van der Waals surface area (Å²) < 4.78 is 0. The molecule has 1 saturated heterocycles. The highest BCUT2D eigenvalue weighted by molar-refractivity contribution is 8.00. The predicted molar refractivity (Wildman–Crippen MR) is 99.3 cm³/mol. The molecule has 0 unspecified atom stereocenters. The lowest BCUT2D eigenvalue weighted by molar-refractivity contribution is -0.116. The summed E-state index contributed by atoms with van der Waals surface area (Å²) >= 11 is 1.63. The Morgan fingerprint density at radius 2 is 1.88 bits per heavy atom. The van der Waals surface area contributed by atoms with Gasteiger partial charge in [0.15, 0.2) is 0 Å². The molecule has 124 valence electrons. The Morgan fingerprint density at radius 1 is 1.17 bits per heavy atom. The predicted octanol–water partition coefficient (Wildman–Crippen LogP) is 4.04. The maximum Gasteiger partial charge on any atom is 0.238 e. The maximum absolute atomic E-state index is 12.5. The Morgan fingerprint density at radius 3 is 2.54 bits per heavy atom. The Kier molecular flexibility index (Phi) is 4.62. The zero-order valence-electron chi connectivity index (χ0n) is 14.0. The highest BCUT2D eigenvalue weighted by Gasteiger charge is 2.34. The first-order valence-corrected chi connectivity index (χ1v) is 8.89. The zero-order chi connectivity index (χ0) is 17.3. The summed E-state index contributed by atoms with van der Waals surface area (Å²) in [6.45, 7) is 5.60. The van der Waals surface area contributed by atoms with Crippen molar-refractivity contribution in [3.8, 4) is 0 Å². The van der Waals surface area contributed by atoms with Crippen molar-refractivity contribution in [2.24, 2.45) is 0 Å². The number of thioether (sulfide) groups is 1. The van der Waals surface area contributed by atoms with Gasteiger partial charge in [0.05, 0.1) is 5.75 Å². The van der Waals surface area contributed by atoms with Crippen LogP contribution in [-0.4, -0.2) is 17.6 Å². The largest absolute Gasteiger partial charge is 0.326 e. The topological polar surface area (TPSA) is 49.4 Å². The Bertz CT molecular complexity index is 786. The average Bonchev–Trinajstić information content (AvgIpc) is 2.92. The summed E-state index contributed by atoms with van der Waals surface area (Å²) in [5, 5.41) is 2.73. The summed E-state index contributed by atoms with van der Waals surface area (Å²) in [5.41, 5.74) is 5.10. The van der Waals surface area contributed by atoms with Crippen LogP contribution in [0.5, 0.6) is 0 Å². The lowest BCUT2D eigenvalue weighted by Crippen LogP contribution is -2.28. The normalized spacial score (nSPS) is 17.2. The monoisotopic (exact) mass is 340 g/mol. The highest BCUT2D eigenvalue weighted by Crippen LogP contribution is 2.43. The quantitative estimate of drug-likeness (QED) is 0.917. The van der Waals surface area contributed by atoms with Crippen LogP contribution in [0.1, 0.15) is 29.0 Å². The molecule has 24 heavy (non-hydrogen) atoms. The van der Waals surface area contributed by atoms with Gasteiger partial charge in [-0.15, -0.1) is 11.8 Å². The van der Waals surface area contributed by atoms with E-state index in [1.165, 1.54) is 12.5 Å². The van der Waals surface area contributed by atoms with Crippen LogP contribution in [0.4, 0.5) is 11.4 Å². The first kappa shape index (κ1) is 16.6. The van der Waals surface area contributed by atoms with Gasteiger partial charge in [-0.05, 0) is 48.7 Å². The van der Waals surface area contributed by atoms with Gasteiger partial charge in [-0.1, -0.05) is 24.3 Å². The van der Waals surface area contributed by atoms with Crippen LogP contribution in [0.3, 0.4) is 0 Å². The lowest BCUT2D eigenvalue weighted by atomic mass is 10.1. The number of nitrogens with zero attached hydrogens (tertiary/aromatic N) is 1. The molecule has 2 aromatic carbocycles. The third kappa shape index (κ3) is 3.17. The van der Waals surface area contributed by atoms with Crippen molar-refractivity contribution in [3.05, 3.63) is 59.2 Å². The van der Waals surface area contributed by atoms with Gasteiger partial charge < -0.3 is 5.32 Å². The van der Waals surface area contributed by atoms with Crippen LogP contribution < -0.4 is 10.2 Å². The van der Waals surface area contributed by atoms with E-state index in [9.17, 15) is 9.59 Å². The van der Waals surface area contributed by atoms with E-state index < -0.39 is 0 Å². The van der Waals surface area contributed by atoms with Gasteiger partial charge in [0.25, 0.3) is 0 Å². The van der Waals surface area contributed by atoms with Crippen molar-refractivity contribution in [2.45, 2.75) is 26.1 Å². The average molecular weight is 340 g/mol. The molecule has 0 spiro atoms. The summed E-state index contributed by atoms with van der Waals surface area (Å²) in [6, 6.07) is 13.8. The van der Waals surface area contributed by atoms with E-state index in [0.717, 1.165) is 22.5 Å². The van der Waals surface area contributed by atoms with Gasteiger partial charge in [-0.2, -0.15) is 0 Å². The van der Waals surface area contributed by atoms with Crippen molar-refractivity contribution < 1.29 is 9.59 Å². The molecule has 0 aromatic heterocycles. The fourth-order valence-corrected chi connectivity index (χ4v) is 4.03. The molecular formula is C19H20N2O2S. The van der Waals surface area contributed by atoms with Crippen LogP contribution in [0, 0.1) is 13.8 Å². The molecular weight excluding hydrogens is 320 g/mol. The fraction of sp³-hybridized carbons (Fsp3) is 0.263. The molecule has 1 N–H and O–H groups in total. The number of nitrogens with one attached hydrogen (secondary N) is 1. The van der Waals surface area contributed by atoms with Gasteiger partial charge in [-0.25, -0.2) is 0 Å². The molecule has 0 aliphatic carbocycles. The molecule has 1 fully saturated rings. The van der Waals surface area contributed by atoms with E-state index in [1.54, 1.807) is 11.8 Å². The van der Waals surface area contributed by atoms with Gasteiger partial charge >= 0.3 is 0 Å². The lowest BCUT2D eigenvalue weighted by Gasteiger charge is -2.26. The van der Waals surface area contributed by atoms with Crippen LogP contribution in [0.2, 0.25) is 0 Å². The van der Waals surface area contributed by atoms with E-state index in [0.29, 0.717) is 5.75 Å². The number of rotatable bonds is 3. The molecule has 4 nitrogen and oxygen atoms in total. The third-order valence-corrected chi connectivity index (χ3v) is 5.43. The minimum atomic E-state index is -0.0924. The van der Waals surface area contributed by atoms with Crippen molar-refractivity contribution >= 4 is 35.0 Å². The van der Waals surface area contributed by atoms with Gasteiger partial charge in [0.2, 0.25) is 11.8 Å². The molecule has 2 aromatic rings. The van der Waals surface area contributed by atoms with E-state index >= 15 is 0 Å². The molecule has 1 aliphatic heterocycles. The van der Waals surface area contributed by atoms with Crippen LogP contribution in [0.25, 0.3) is 0 Å². The second-order valence-electron chi connectivity index (χ2n) is 5.95. The number of carbonyl (C=O) groups excluding carboxylic acids is 2. The second kappa shape index (κ2) is 6.69. The molecule has 0 bridgehead atoms. The molecule has 1 aliphatic rings. The van der Waals surface area contributed by atoms with Crippen molar-refractivity contribution in [3.63, 3.8) is 0 Å². The molecule has 0 radical (unpaired) electrons. The number of hydrogen-bond acceptors (Lipinski definition) is 3. The Balaban J connectivity index is 1.93. The standard InChI is InChI=1S/C19H20N2O2S/c1-12-5-4-6-17(13(12)2)21-18(23)11-24-19(21)15-7-9-16(10-8-15)20-14(3)22/h4-10,19H,11H2,1-3H3,(H,20,22)/t19-/m1/s1. The summed E-state index contributed by atoms with van der Waals surface area (Å²) in [7, 11) is 0. The zero-order valence-corrected chi connectivity index (χ0v) is 14.8. The Hall–Kier alpha value is -2.27. The molecule has 1 heterocycles. The van der Waals surface area contributed by atoms with Crippen LogP contribution in [0.15, 0.2) is 42.5 Å². The summed E-state index contributed by atoms with van der Waals surface area (Å²) in [6.07, 6.45) is 0. The van der Waals surface area contributed by atoms with Crippen molar-refractivity contribution in [1.82, 2.24) is 0 Å². The van der Waals surface area contributed by atoms with E-state index in [1.807, 2.05) is 41.3 Å². The molecule has 1 atom stereocenters. The number of carbonyl (C=O) groups is 2. The van der Waals surface area contributed by atoms with E-state index in [-0.39, 0.29) is 17.2 Å². The maximum atomic E-state index is 12.5. The highest BCUT2D eigenvalue weighted by atomic mass is 32.2. The number of amides is 2. The SMILES string of the molecule is CC(=O)Nc1ccc([C@H]2SCC(=O)N2c2cccc(C)c2C)cc1. The van der Waals surface area contributed by atoms with Crippen LogP contribution in [-0.2, 0) is 9.59 Å². The minimum absolute atomic E-state index is 0.0376.